The number of carbonyl (C=O) groups is 1. The number of ether oxygens (including phenoxy) is 5. The lowest BCUT2D eigenvalue weighted by Gasteiger charge is -2.50. The Hall–Kier alpha value is -3.41. The van der Waals surface area contributed by atoms with E-state index < -0.39 is 41.3 Å². The quantitative estimate of drug-likeness (QED) is 0.268. The number of aliphatic hydroxyl groups is 1. The monoisotopic (exact) mass is 488 g/mol. The average molecular weight is 488 g/mol. The largest absolute Gasteiger partial charge is 0.510 e. The molecule has 0 fully saturated rings. The van der Waals surface area contributed by atoms with Crippen LogP contribution < -0.4 is 9.64 Å². The Labute approximate surface area is 202 Å². The number of hydrogen-bond acceptors (Lipinski definition) is 10. The first-order valence-electron chi connectivity index (χ1n) is 11.2. The van der Waals surface area contributed by atoms with Gasteiger partial charge in [-0.05, 0) is 31.5 Å². The van der Waals surface area contributed by atoms with E-state index in [9.17, 15) is 20.0 Å². The van der Waals surface area contributed by atoms with Crippen molar-refractivity contribution >= 4 is 17.5 Å². The molecule has 11 heteroatoms. The number of hydrogen-bond donors (Lipinski definition) is 1. The van der Waals surface area contributed by atoms with Crippen LogP contribution in [0, 0.1) is 10.1 Å². The van der Waals surface area contributed by atoms with Crippen molar-refractivity contribution in [1.82, 2.24) is 0 Å². The molecule has 0 aliphatic carbocycles. The highest BCUT2D eigenvalue weighted by atomic mass is 16.7. The van der Waals surface area contributed by atoms with Crippen LogP contribution in [0.25, 0.3) is 0 Å². The molecule has 0 unspecified atom stereocenters. The van der Waals surface area contributed by atoms with E-state index in [-0.39, 0.29) is 12.3 Å². The fraction of sp³-hybridized carbons (Fsp3) is 0.458. The number of benzene rings is 2. The maximum Gasteiger partial charge on any atom is 0.510 e. The highest BCUT2D eigenvalue weighted by Gasteiger charge is 2.56. The van der Waals surface area contributed by atoms with E-state index in [4.69, 9.17) is 23.7 Å². The summed E-state index contributed by atoms with van der Waals surface area (Å²) < 4.78 is 27.7. The van der Waals surface area contributed by atoms with Gasteiger partial charge in [-0.1, -0.05) is 18.2 Å². The van der Waals surface area contributed by atoms with Gasteiger partial charge in [0.05, 0.1) is 17.6 Å². The molecule has 0 saturated carbocycles. The van der Waals surface area contributed by atoms with Crippen LogP contribution >= 0.6 is 0 Å². The molecular weight excluding hydrogens is 460 g/mol. The molecular formula is C24H28N2O9. The molecule has 0 radical (unpaired) electrons. The van der Waals surface area contributed by atoms with Crippen LogP contribution in [0.3, 0.4) is 0 Å². The predicted octanol–water partition coefficient (Wildman–Crippen LogP) is 3.33. The number of anilines is 1. The summed E-state index contributed by atoms with van der Waals surface area (Å²) in [6, 6.07) is 10.7. The number of fused-ring (bicyclic) bond motifs is 2. The Balaban J connectivity index is 1.89. The molecule has 0 aromatic heterocycles. The third-order valence-corrected chi connectivity index (χ3v) is 6.40. The predicted molar refractivity (Wildman–Crippen MR) is 123 cm³/mol. The summed E-state index contributed by atoms with van der Waals surface area (Å²) in [7, 11) is 2.85. The lowest BCUT2D eigenvalue weighted by molar-refractivity contribution is -0.385. The Kier molecular flexibility index (Phi) is 6.84. The van der Waals surface area contributed by atoms with Crippen molar-refractivity contribution in [3.8, 4) is 5.75 Å². The average Bonchev–Trinajstić information content (AvgIpc) is 3.18. The highest BCUT2D eigenvalue weighted by Crippen LogP contribution is 2.50. The SMILES string of the molecule is CCOC(=O)O[C@H]1Cc2ccccc2N1[C@H]1c2cc([N+](=O)[O-])ccc2O[C@](C)(C(OC)OC)[C@@H]1O. The van der Waals surface area contributed by atoms with Crippen LogP contribution in [0.4, 0.5) is 16.2 Å². The van der Waals surface area contributed by atoms with E-state index in [1.807, 2.05) is 24.3 Å². The maximum atomic E-state index is 12.3. The lowest BCUT2D eigenvalue weighted by atomic mass is 9.83. The molecule has 188 valence electrons. The minimum absolute atomic E-state index is 0.134. The van der Waals surface area contributed by atoms with Gasteiger partial charge in [0.1, 0.15) is 11.9 Å². The summed E-state index contributed by atoms with van der Waals surface area (Å²) in [5.41, 5.74) is 0.370. The first-order valence-corrected chi connectivity index (χ1v) is 11.2. The van der Waals surface area contributed by atoms with E-state index in [1.54, 1.807) is 18.7 Å². The minimum atomic E-state index is -1.41. The molecule has 35 heavy (non-hydrogen) atoms. The highest BCUT2D eigenvalue weighted by molar-refractivity contribution is 5.66. The van der Waals surface area contributed by atoms with Gasteiger partial charge in [0, 0.05) is 44.0 Å². The van der Waals surface area contributed by atoms with Crippen molar-refractivity contribution in [3.63, 3.8) is 0 Å². The van der Waals surface area contributed by atoms with Gasteiger partial charge in [0.2, 0.25) is 0 Å². The van der Waals surface area contributed by atoms with Crippen molar-refractivity contribution in [2.24, 2.45) is 0 Å². The second kappa shape index (κ2) is 9.68. The summed E-state index contributed by atoms with van der Waals surface area (Å²) in [6.45, 7) is 3.44. The molecule has 2 heterocycles. The molecule has 2 aliphatic rings. The Morgan fingerprint density at radius 3 is 2.66 bits per heavy atom. The van der Waals surface area contributed by atoms with Crippen molar-refractivity contribution in [2.75, 3.05) is 25.7 Å². The van der Waals surface area contributed by atoms with Crippen LogP contribution in [0.5, 0.6) is 5.75 Å². The van der Waals surface area contributed by atoms with Crippen molar-refractivity contribution in [2.45, 2.75) is 50.5 Å². The van der Waals surface area contributed by atoms with Crippen molar-refractivity contribution < 1.29 is 38.5 Å². The number of aliphatic hydroxyl groups excluding tert-OH is 1. The molecule has 0 saturated heterocycles. The van der Waals surface area contributed by atoms with Crippen molar-refractivity contribution in [3.05, 3.63) is 63.7 Å². The molecule has 2 aromatic rings. The van der Waals surface area contributed by atoms with E-state index >= 15 is 0 Å². The van der Waals surface area contributed by atoms with Gasteiger partial charge in [-0.2, -0.15) is 0 Å². The Morgan fingerprint density at radius 1 is 1.29 bits per heavy atom. The minimum Gasteiger partial charge on any atom is -0.479 e. The third-order valence-electron chi connectivity index (χ3n) is 6.40. The zero-order chi connectivity index (χ0) is 25.3. The standard InChI is InChI=1S/C24H28N2O9/c1-5-33-23(28)34-19-12-14-8-6-7-9-17(14)25(19)20-16-13-15(26(29)30)10-11-18(16)35-24(2,21(20)27)22(31-3)32-4/h6-11,13,19-22,27H,5,12H2,1-4H3/t19-,20-,21+,24-/m0/s1. The van der Waals surface area contributed by atoms with Gasteiger partial charge in [-0.25, -0.2) is 4.79 Å². The summed E-state index contributed by atoms with van der Waals surface area (Å²) in [6.07, 6.45) is -3.67. The van der Waals surface area contributed by atoms with Crippen LogP contribution in [-0.4, -0.2) is 61.2 Å². The van der Waals surface area contributed by atoms with Crippen LogP contribution in [0.1, 0.15) is 31.0 Å². The summed E-state index contributed by atoms with van der Waals surface area (Å²) in [4.78, 5) is 25.1. The molecule has 4 atom stereocenters. The molecule has 2 aromatic carbocycles. The number of nitro benzene ring substituents is 1. The number of nitrogens with zero attached hydrogens (tertiary/aromatic N) is 2. The van der Waals surface area contributed by atoms with Crippen molar-refractivity contribution in [1.29, 1.82) is 0 Å². The number of methoxy groups -OCH3 is 2. The fourth-order valence-corrected chi connectivity index (χ4v) is 4.88. The smallest absolute Gasteiger partial charge is 0.479 e. The normalized spacial score (nSPS) is 25.0. The summed E-state index contributed by atoms with van der Waals surface area (Å²) in [5, 5.41) is 23.3. The second-order valence-electron chi connectivity index (χ2n) is 8.45. The van der Waals surface area contributed by atoms with Gasteiger partial charge in [-0.3, -0.25) is 10.1 Å². The number of carbonyl (C=O) groups excluding carboxylic acids is 1. The number of nitro groups is 1. The maximum absolute atomic E-state index is 12.3. The van der Waals surface area contributed by atoms with E-state index in [2.05, 4.69) is 0 Å². The van der Waals surface area contributed by atoms with Gasteiger partial charge >= 0.3 is 6.16 Å². The third kappa shape index (κ3) is 4.26. The van der Waals surface area contributed by atoms with Crippen LogP contribution in [0.15, 0.2) is 42.5 Å². The number of non-ortho nitro benzene ring substituents is 1. The number of rotatable bonds is 7. The van der Waals surface area contributed by atoms with Crippen LogP contribution in [-0.2, 0) is 25.4 Å². The Bertz CT molecular complexity index is 1110. The number of para-hydroxylation sites is 1. The fourth-order valence-electron chi connectivity index (χ4n) is 4.88. The second-order valence-corrected chi connectivity index (χ2v) is 8.45. The van der Waals surface area contributed by atoms with E-state index in [0.717, 1.165) is 5.56 Å². The zero-order valence-electron chi connectivity index (χ0n) is 19.9. The molecule has 0 spiro atoms. The Morgan fingerprint density at radius 2 is 2.00 bits per heavy atom. The summed E-state index contributed by atoms with van der Waals surface area (Å²) >= 11 is 0. The molecule has 4 rings (SSSR count). The van der Waals surface area contributed by atoms with E-state index in [0.29, 0.717) is 23.4 Å². The molecule has 2 aliphatic heterocycles. The summed E-state index contributed by atoms with van der Waals surface area (Å²) in [5.74, 6) is 0.312. The molecule has 11 nitrogen and oxygen atoms in total. The van der Waals surface area contributed by atoms with Gasteiger partial charge < -0.3 is 33.7 Å². The lowest BCUT2D eigenvalue weighted by Crippen LogP contribution is -2.63. The van der Waals surface area contributed by atoms with E-state index in [1.165, 1.54) is 32.4 Å². The van der Waals surface area contributed by atoms with Gasteiger partial charge in [0.25, 0.3) is 5.69 Å². The molecule has 0 bridgehead atoms. The molecule has 1 N–H and O–H groups in total. The van der Waals surface area contributed by atoms with Crippen LogP contribution in [0.2, 0.25) is 0 Å². The van der Waals surface area contributed by atoms with Gasteiger partial charge in [-0.15, -0.1) is 0 Å². The van der Waals surface area contributed by atoms with Gasteiger partial charge in [0.15, 0.2) is 18.1 Å². The molecule has 0 amide bonds. The first-order chi connectivity index (χ1) is 16.7. The topological polar surface area (TPSA) is 130 Å². The first kappa shape index (κ1) is 24.7. The zero-order valence-corrected chi connectivity index (χ0v) is 19.9.